The summed E-state index contributed by atoms with van der Waals surface area (Å²) in [4.78, 5) is 10.6. The monoisotopic (exact) mass is 184 g/mol. The molecular formula is C8H8O3S. The summed E-state index contributed by atoms with van der Waals surface area (Å²) >= 11 is 0. The summed E-state index contributed by atoms with van der Waals surface area (Å²) in [5, 5.41) is 0. The van der Waals surface area contributed by atoms with Crippen molar-refractivity contribution in [2.45, 2.75) is 6.92 Å². The molecule has 1 unspecified atom stereocenters. The van der Waals surface area contributed by atoms with Gasteiger partial charge in [-0.25, -0.2) is 0 Å². The van der Waals surface area contributed by atoms with Crippen LogP contribution in [-0.2, 0) is 15.1 Å². The molecule has 1 aliphatic carbocycles. The van der Waals surface area contributed by atoms with E-state index in [1.165, 1.54) is 6.08 Å². The van der Waals surface area contributed by atoms with Gasteiger partial charge in [0.25, 0.3) is 0 Å². The molecule has 0 aromatic rings. The lowest BCUT2D eigenvalue weighted by Crippen LogP contribution is -2.15. The van der Waals surface area contributed by atoms with E-state index in [1.807, 2.05) is 0 Å². The summed E-state index contributed by atoms with van der Waals surface area (Å²) in [6.45, 7) is 1.78. The van der Waals surface area contributed by atoms with E-state index < -0.39 is 16.2 Å². The second-order valence-electron chi connectivity index (χ2n) is 2.55. The third-order valence-corrected chi connectivity index (χ3v) is 2.38. The second kappa shape index (κ2) is 3.49. The lowest BCUT2D eigenvalue weighted by molar-refractivity contribution is -0.108. The van der Waals surface area contributed by atoms with Crippen LogP contribution in [0.3, 0.4) is 0 Å². The largest absolute Gasteiger partial charge is 0.302 e. The highest BCUT2D eigenvalue weighted by atomic mass is 32.2. The van der Waals surface area contributed by atoms with E-state index in [-0.39, 0.29) is 4.86 Å². The molecule has 0 fully saturated rings. The van der Waals surface area contributed by atoms with Gasteiger partial charge in [-0.3, -0.25) is 0 Å². The summed E-state index contributed by atoms with van der Waals surface area (Å²) in [5.41, 5.74) is 0.840. The molecule has 0 amide bonds. The highest BCUT2D eigenvalue weighted by Gasteiger charge is 2.14. The lowest BCUT2D eigenvalue weighted by atomic mass is 9.99. The van der Waals surface area contributed by atoms with Crippen LogP contribution in [0.4, 0.5) is 0 Å². The van der Waals surface area contributed by atoms with E-state index in [0.717, 1.165) is 5.57 Å². The first-order chi connectivity index (χ1) is 5.65. The maximum absolute atomic E-state index is 10.6. The quantitative estimate of drug-likeness (QED) is 0.437. The van der Waals surface area contributed by atoms with Crippen molar-refractivity contribution < 1.29 is 13.2 Å². The van der Waals surface area contributed by atoms with Gasteiger partial charge in [0.2, 0.25) is 10.3 Å². The fourth-order valence-electron chi connectivity index (χ4n) is 0.991. The zero-order chi connectivity index (χ0) is 9.14. The topological polar surface area (TPSA) is 51.2 Å². The van der Waals surface area contributed by atoms with Crippen LogP contribution < -0.4 is 0 Å². The molecule has 0 aromatic heterocycles. The number of rotatable bonds is 1. The SMILES string of the molecule is CC1=CC(=S(=O)=O)C(C=O)C=C1. The Morgan fingerprint density at radius 3 is 2.67 bits per heavy atom. The van der Waals surface area contributed by atoms with Crippen LogP contribution in [0.15, 0.2) is 23.8 Å². The first kappa shape index (κ1) is 8.93. The Bertz CT molecular complexity index is 377. The fraction of sp³-hybridized carbons (Fsp3) is 0.250. The van der Waals surface area contributed by atoms with Crippen molar-refractivity contribution in [2.75, 3.05) is 0 Å². The number of aldehydes is 1. The zero-order valence-electron chi connectivity index (χ0n) is 6.52. The summed E-state index contributed by atoms with van der Waals surface area (Å²) in [5.74, 6) is -0.605. The normalized spacial score (nSPS) is 21.9. The highest BCUT2D eigenvalue weighted by Crippen LogP contribution is 2.10. The first-order valence-electron chi connectivity index (χ1n) is 3.43. The van der Waals surface area contributed by atoms with E-state index in [1.54, 1.807) is 19.1 Å². The summed E-state index contributed by atoms with van der Waals surface area (Å²) in [6, 6.07) is 0. The minimum absolute atomic E-state index is 0.144. The van der Waals surface area contributed by atoms with Gasteiger partial charge in [0.1, 0.15) is 6.29 Å². The van der Waals surface area contributed by atoms with Gasteiger partial charge in [0, 0.05) is 0 Å². The number of hydrogen-bond donors (Lipinski definition) is 0. The van der Waals surface area contributed by atoms with Gasteiger partial charge in [-0.15, -0.1) is 0 Å². The van der Waals surface area contributed by atoms with Crippen molar-refractivity contribution in [3.63, 3.8) is 0 Å². The van der Waals surface area contributed by atoms with Gasteiger partial charge < -0.3 is 4.79 Å². The van der Waals surface area contributed by atoms with Crippen molar-refractivity contribution in [3.05, 3.63) is 23.8 Å². The summed E-state index contributed by atoms with van der Waals surface area (Å²) in [7, 11) is -2.29. The molecule has 1 rings (SSSR count). The smallest absolute Gasteiger partial charge is 0.218 e. The molecule has 3 nitrogen and oxygen atoms in total. The minimum Gasteiger partial charge on any atom is -0.302 e. The average Bonchev–Trinajstić information content (AvgIpc) is 2.04. The Morgan fingerprint density at radius 1 is 1.50 bits per heavy atom. The van der Waals surface area contributed by atoms with E-state index in [2.05, 4.69) is 0 Å². The van der Waals surface area contributed by atoms with Gasteiger partial charge in [0.15, 0.2) is 0 Å². The molecule has 0 radical (unpaired) electrons. The van der Waals surface area contributed by atoms with Crippen LogP contribution in [0.2, 0.25) is 0 Å². The molecular weight excluding hydrogens is 176 g/mol. The molecule has 64 valence electrons. The van der Waals surface area contributed by atoms with Gasteiger partial charge in [0.05, 0.1) is 10.8 Å². The number of carbonyl (C=O) groups is 1. The van der Waals surface area contributed by atoms with Crippen LogP contribution in [-0.4, -0.2) is 19.6 Å². The molecule has 0 bridgehead atoms. The van der Waals surface area contributed by atoms with Crippen LogP contribution in [0.1, 0.15) is 6.92 Å². The Hall–Kier alpha value is -1.16. The number of allylic oxidation sites excluding steroid dienone is 4. The molecule has 0 aromatic carbocycles. The zero-order valence-corrected chi connectivity index (χ0v) is 7.34. The standard InChI is InChI=1S/C8H8O3S/c1-6-2-3-7(5-9)8(4-6)12(10)11/h2-5,7H,1H3. The van der Waals surface area contributed by atoms with Crippen LogP contribution >= 0.6 is 0 Å². The average molecular weight is 184 g/mol. The summed E-state index contributed by atoms with van der Waals surface area (Å²) < 4.78 is 21.2. The molecule has 0 saturated carbocycles. The Kier molecular flexibility index (Phi) is 2.60. The van der Waals surface area contributed by atoms with E-state index in [9.17, 15) is 13.2 Å². The van der Waals surface area contributed by atoms with Crippen LogP contribution in [0, 0.1) is 5.92 Å². The fourth-order valence-corrected chi connectivity index (χ4v) is 1.63. The molecule has 1 aliphatic rings. The Balaban J connectivity index is 3.24. The second-order valence-corrected chi connectivity index (χ2v) is 3.49. The summed E-state index contributed by atoms with van der Waals surface area (Å²) in [6.07, 6.45) is 5.43. The third-order valence-electron chi connectivity index (χ3n) is 1.60. The number of hydrogen-bond acceptors (Lipinski definition) is 3. The Morgan fingerprint density at radius 2 is 2.17 bits per heavy atom. The van der Waals surface area contributed by atoms with Crippen LogP contribution in [0.5, 0.6) is 0 Å². The van der Waals surface area contributed by atoms with E-state index in [4.69, 9.17) is 0 Å². The molecule has 12 heavy (non-hydrogen) atoms. The van der Waals surface area contributed by atoms with Gasteiger partial charge in [-0.05, 0) is 13.0 Å². The lowest BCUT2D eigenvalue weighted by Gasteiger charge is -2.07. The predicted octanol–water partition coefficient (Wildman–Crippen LogP) is 0.369. The predicted molar refractivity (Wildman–Crippen MR) is 46.4 cm³/mol. The van der Waals surface area contributed by atoms with Crippen molar-refractivity contribution in [1.82, 2.24) is 0 Å². The minimum atomic E-state index is -2.29. The third kappa shape index (κ3) is 1.71. The van der Waals surface area contributed by atoms with Gasteiger partial charge >= 0.3 is 0 Å². The van der Waals surface area contributed by atoms with Gasteiger partial charge in [-0.1, -0.05) is 17.7 Å². The molecule has 0 heterocycles. The Labute approximate surface area is 71.9 Å². The van der Waals surface area contributed by atoms with E-state index >= 15 is 0 Å². The van der Waals surface area contributed by atoms with Crippen LogP contribution in [0.25, 0.3) is 0 Å². The van der Waals surface area contributed by atoms with Crippen molar-refractivity contribution in [1.29, 1.82) is 0 Å². The number of carbonyl (C=O) groups excluding carboxylic acids is 1. The molecule has 0 N–H and O–H groups in total. The molecule has 1 atom stereocenters. The molecule has 0 saturated heterocycles. The molecule has 4 heteroatoms. The van der Waals surface area contributed by atoms with Gasteiger partial charge in [-0.2, -0.15) is 8.42 Å². The van der Waals surface area contributed by atoms with Crippen molar-refractivity contribution in [2.24, 2.45) is 5.92 Å². The molecule has 0 spiro atoms. The maximum Gasteiger partial charge on any atom is 0.218 e. The molecule has 0 aliphatic heterocycles. The maximum atomic E-state index is 10.6. The first-order valence-corrected chi connectivity index (χ1v) is 4.50. The highest BCUT2D eigenvalue weighted by molar-refractivity contribution is 7.73. The van der Waals surface area contributed by atoms with Crippen molar-refractivity contribution in [3.8, 4) is 0 Å². The van der Waals surface area contributed by atoms with E-state index in [0.29, 0.717) is 6.29 Å². The van der Waals surface area contributed by atoms with Crippen molar-refractivity contribution >= 4 is 21.4 Å².